The minimum atomic E-state index is -0.327. The zero-order valence-electron chi connectivity index (χ0n) is 19.4. The maximum Gasteiger partial charge on any atom is 0.261 e. The Morgan fingerprint density at radius 1 is 1.11 bits per heavy atom. The SMILES string of the molecule is COc1ccc(CN2C(=O)c3ccccc3C2=O)cc1C(=O)N(Cc1cccs1)CC1CCCO1. The quantitative estimate of drug-likeness (QED) is 0.438. The molecule has 0 bridgehead atoms. The molecule has 3 heterocycles. The van der Waals surface area contributed by atoms with Gasteiger partial charge in [0.05, 0.1) is 43.0 Å². The van der Waals surface area contributed by atoms with Gasteiger partial charge in [-0.3, -0.25) is 19.3 Å². The highest BCUT2D eigenvalue weighted by atomic mass is 32.1. The zero-order valence-corrected chi connectivity index (χ0v) is 20.3. The number of rotatable bonds is 8. The number of thiophene rings is 1. The Bertz CT molecular complexity index is 1220. The fraction of sp³-hybridized carbons (Fsp3) is 0.296. The van der Waals surface area contributed by atoms with Crippen LogP contribution in [0.25, 0.3) is 0 Å². The van der Waals surface area contributed by atoms with E-state index in [0.717, 1.165) is 17.7 Å². The van der Waals surface area contributed by atoms with E-state index in [1.54, 1.807) is 58.7 Å². The summed E-state index contributed by atoms with van der Waals surface area (Å²) in [5.74, 6) is -0.376. The molecule has 5 rings (SSSR count). The number of nitrogens with zero attached hydrogens (tertiary/aromatic N) is 2. The molecule has 1 saturated heterocycles. The van der Waals surface area contributed by atoms with Crippen LogP contribution in [0.2, 0.25) is 0 Å². The summed E-state index contributed by atoms with van der Waals surface area (Å²) in [5, 5.41) is 1.99. The van der Waals surface area contributed by atoms with Crippen LogP contribution in [0.4, 0.5) is 0 Å². The molecule has 2 aliphatic heterocycles. The molecule has 1 atom stereocenters. The van der Waals surface area contributed by atoms with Crippen LogP contribution >= 0.6 is 11.3 Å². The summed E-state index contributed by atoms with van der Waals surface area (Å²) in [6.07, 6.45) is 1.92. The molecule has 1 unspecified atom stereocenters. The van der Waals surface area contributed by atoms with Gasteiger partial charge < -0.3 is 14.4 Å². The van der Waals surface area contributed by atoms with E-state index in [1.807, 2.05) is 17.5 Å². The molecule has 0 aliphatic carbocycles. The maximum absolute atomic E-state index is 13.8. The highest BCUT2D eigenvalue weighted by molar-refractivity contribution is 7.09. The second kappa shape index (κ2) is 10.0. The Labute approximate surface area is 207 Å². The van der Waals surface area contributed by atoms with Gasteiger partial charge in [0, 0.05) is 18.0 Å². The molecule has 0 N–H and O–H groups in total. The molecule has 3 aromatic rings. The monoisotopic (exact) mass is 490 g/mol. The van der Waals surface area contributed by atoms with Crippen LogP contribution in [0.5, 0.6) is 5.75 Å². The molecule has 180 valence electrons. The molecule has 8 heteroatoms. The van der Waals surface area contributed by atoms with Crippen molar-refractivity contribution in [2.45, 2.75) is 32.0 Å². The van der Waals surface area contributed by atoms with Crippen LogP contribution in [-0.4, -0.2) is 53.9 Å². The number of methoxy groups -OCH3 is 1. The fourth-order valence-corrected chi connectivity index (χ4v) is 5.32. The highest BCUT2D eigenvalue weighted by Gasteiger charge is 2.35. The number of imide groups is 1. The summed E-state index contributed by atoms with van der Waals surface area (Å²) in [6, 6.07) is 16.0. The number of benzene rings is 2. The molecule has 3 amide bonds. The number of carbonyl (C=O) groups excluding carboxylic acids is 3. The lowest BCUT2D eigenvalue weighted by Crippen LogP contribution is -2.37. The molecule has 2 aliphatic rings. The van der Waals surface area contributed by atoms with Gasteiger partial charge in [-0.05, 0) is 54.1 Å². The van der Waals surface area contributed by atoms with E-state index in [0.29, 0.717) is 47.7 Å². The Morgan fingerprint density at radius 3 is 2.51 bits per heavy atom. The molecule has 0 saturated carbocycles. The minimum absolute atomic E-state index is 0.00596. The highest BCUT2D eigenvalue weighted by Crippen LogP contribution is 2.28. The van der Waals surface area contributed by atoms with E-state index < -0.39 is 0 Å². The summed E-state index contributed by atoms with van der Waals surface area (Å²) >= 11 is 1.60. The molecule has 1 fully saturated rings. The first-order chi connectivity index (χ1) is 17.0. The second-order valence-corrected chi connectivity index (χ2v) is 9.71. The molecular formula is C27H26N2O5S. The van der Waals surface area contributed by atoms with Crippen molar-refractivity contribution in [2.75, 3.05) is 20.3 Å². The van der Waals surface area contributed by atoms with Crippen molar-refractivity contribution in [1.29, 1.82) is 0 Å². The van der Waals surface area contributed by atoms with Crippen molar-refractivity contribution in [3.8, 4) is 5.75 Å². The van der Waals surface area contributed by atoms with Gasteiger partial charge in [-0.1, -0.05) is 24.3 Å². The largest absolute Gasteiger partial charge is 0.496 e. The van der Waals surface area contributed by atoms with E-state index in [9.17, 15) is 14.4 Å². The third-order valence-corrected chi connectivity index (χ3v) is 7.24. The van der Waals surface area contributed by atoms with E-state index in [-0.39, 0.29) is 30.4 Å². The van der Waals surface area contributed by atoms with Crippen LogP contribution in [0.3, 0.4) is 0 Å². The van der Waals surface area contributed by atoms with Crippen LogP contribution in [0.15, 0.2) is 60.0 Å². The first-order valence-electron chi connectivity index (χ1n) is 11.6. The summed E-state index contributed by atoms with van der Waals surface area (Å²) in [7, 11) is 1.53. The molecule has 2 aromatic carbocycles. The standard InChI is InChI=1S/C27H26N2O5S/c1-33-24-11-10-18(15-29-26(31)21-8-2-3-9-22(21)27(29)32)14-23(24)25(30)28(16-19-6-4-12-34-19)17-20-7-5-13-35-20/h2-3,5,7-11,13-14,19H,4,6,12,15-17H2,1H3. The van der Waals surface area contributed by atoms with Crippen molar-refractivity contribution < 1.29 is 23.9 Å². The molecule has 0 radical (unpaired) electrons. The lowest BCUT2D eigenvalue weighted by molar-refractivity contribution is 0.0507. The van der Waals surface area contributed by atoms with Crippen molar-refractivity contribution in [2.24, 2.45) is 0 Å². The van der Waals surface area contributed by atoms with Gasteiger partial charge in [0.25, 0.3) is 17.7 Å². The van der Waals surface area contributed by atoms with Crippen molar-refractivity contribution in [3.05, 3.63) is 87.1 Å². The summed E-state index contributed by atoms with van der Waals surface area (Å²) in [5.41, 5.74) is 1.88. The Hall–Kier alpha value is -3.49. The zero-order chi connectivity index (χ0) is 24.4. The van der Waals surface area contributed by atoms with Gasteiger partial charge >= 0.3 is 0 Å². The molecular weight excluding hydrogens is 464 g/mol. The Balaban J connectivity index is 1.41. The number of fused-ring (bicyclic) bond motifs is 1. The maximum atomic E-state index is 13.8. The number of hydrogen-bond donors (Lipinski definition) is 0. The van der Waals surface area contributed by atoms with E-state index in [1.165, 1.54) is 12.0 Å². The topological polar surface area (TPSA) is 76.2 Å². The van der Waals surface area contributed by atoms with E-state index >= 15 is 0 Å². The smallest absolute Gasteiger partial charge is 0.261 e. The predicted octanol–water partition coefficient (Wildman–Crippen LogP) is 4.37. The van der Waals surface area contributed by atoms with Crippen molar-refractivity contribution in [3.63, 3.8) is 0 Å². The molecule has 7 nitrogen and oxygen atoms in total. The lowest BCUT2D eigenvalue weighted by Gasteiger charge is -2.26. The Morgan fingerprint density at radius 2 is 1.89 bits per heavy atom. The van der Waals surface area contributed by atoms with Crippen LogP contribution in [-0.2, 0) is 17.8 Å². The normalized spacial score (nSPS) is 17.1. The average molecular weight is 491 g/mol. The van der Waals surface area contributed by atoms with Crippen LogP contribution in [0, 0.1) is 0 Å². The van der Waals surface area contributed by atoms with Gasteiger partial charge in [-0.15, -0.1) is 11.3 Å². The Kier molecular flexibility index (Phi) is 6.66. The number of hydrogen-bond acceptors (Lipinski definition) is 6. The molecule has 35 heavy (non-hydrogen) atoms. The summed E-state index contributed by atoms with van der Waals surface area (Å²) < 4.78 is 11.3. The second-order valence-electron chi connectivity index (χ2n) is 8.68. The molecule has 1 aromatic heterocycles. The number of amides is 3. The third-order valence-electron chi connectivity index (χ3n) is 6.38. The lowest BCUT2D eigenvalue weighted by atomic mass is 10.1. The third kappa shape index (κ3) is 4.72. The number of carbonyl (C=O) groups is 3. The first kappa shape index (κ1) is 23.3. The van der Waals surface area contributed by atoms with Crippen molar-refractivity contribution in [1.82, 2.24) is 9.80 Å². The van der Waals surface area contributed by atoms with Crippen LogP contribution in [0.1, 0.15) is 54.4 Å². The van der Waals surface area contributed by atoms with E-state index in [4.69, 9.17) is 9.47 Å². The molecule has 0 spiro atoms. The predicted molar refractivity (Wildman–Crippen MR) is 132 cm³/mol. The van der Waals surface area contributed by atoms with Gasteiger partial charge in [-0.2, -0.15) is 0 Å². The first-order valence-corrected chi connectivity index (χ1v) is 12.5. The van der Waals surface area contributed by atoms with Gasteiger partial charge in [0.2, 0.25) is 0 Å². The number of ether oxygens (including phenoxy) is 2. The van der Waals surface area contributed by atoms with Crippen LogP contribution < -0.4 is 4.74 Å². The van der Waals surface area contributed by atoms with Gasteiger partial charge in [0.15, 0.2) is 0 Å². The average Bonchev–Trinajstić information content (AvgIpc) is 3.64. The van der Waals surface area contributed by atoms with E-state index in [2.05, 4.69) is 0 Å². The van der Waals surface area contributed by atoms with Crippen molar-refractivity contribution >= 4 is 29.1 Å². The summed E-state index contributed by atoms with van der Waals surface area (Å²) in [4.78, 5) is 43.5. The summed E-state index contributed by atoms with van der Waals surface area (Å²) in [6.45, 7) is 1.75. The van der Waals surface area contributed by atoms with Gasteiger partial charge in [0.1, 0.15) is 5.75 Å². The fourth-order valence-electron chi connectivity index (χ4n) is 4.60. The minimum Gasteiger partial charge on any atom is -0.496 e. The van der Waals surface area contributed by atoms with Gasteiger partial charge in [-0.25, -0.2) is 0 Å².